The number of morpholine rings is 1. The fraction of sp³-hybridized carbons (Fsp3) is 0.350. The Bertz CT molecular complexity index is 812. The van der Waals surface area contributed by atoms with Crippen LogP contribution in [0.5, 0.6) is 11.5 Å². The zero-order chi connectivity index (χ0) is 19.2. The van der Waals surface area contributed by atoms with E-state index in [-0.39, 0.29) is 0 Å². The molecule has 0 bridgehead atoms. The molecule has 1 saturated heterocycles. The summed E-state index contributed by atoms with van der Waals surface area (Å²) in [6.45, 7) is 5.81. The van der Waals surface area contributed by atoms with Crippen LogP contribution in [0.25, 0.3) is 0 Å². The molecule has 1 heterocycles. The molecule has 1 fully saturated rings. The molecule has 0 N–H and O–H groups in total. The van der Waals surface area contributed by atoms with Crippen LogP contribution in [0, 0.1) is 0 Å². The summed E-state index contributed by atoms with van der Waals surface area (Å²) in [5, 5.41) is 0.677. The summed E-state index contributed by atoms with van der Waals surface area (Å²) in [5.74, 6) is 1.30. The van der Waals surface area contributed by atoms with Gasteiger partial charge in [0.25, 0.3) is 0 Å². The largest absolute Gasteiger partial charge is 0.490 e. The first-order valence-electron chi connectivity index (χ1n) is 8.79. The topological polar surface area (TPSA) is 30.9 Å². The van der Waals surface area contributed by atoms with Crippen molar-refractivity contribution < 1.29 is 14.2 Å². The van der Waals surface area contributed by atoms with Gasteiger partial charge in [0, 0.05) is 29.2 Å². The highest BCUT2D eigenvalue weighted by atomic mass is 79.9. The second-order valence-electron chi connectivity index (χ2n) is 6.00. The van der Waals surface area contributed by atoms with Crippen LogP contribution >= 0.6 is 39.7 Å². The van der Waals surface area contributed by atoms with E-state index in [1.54, 1.807) is 0 Å². The van der Waals surface area contributed by atoms with Gasteiger partial charge in [-0.15, -0.1) is 0 Å². The number of rotatable bonds is 6. The zero-order valence-electron chi connectivity index (χ0n) is 15.0. The van der Waals surface area contributed by atoms with E-state index in [0.29, 0.717) is 42.9 Å². The van der Waals surface area contributed by atoms with Crippen LogP contribution in [-0.2, 0) is 11.3 Å². The van der Waals surface area contributed by atoms with Gasteiger partial charge in [0.1, 0.15) is 11.6 Å². The molecule has 27 heavy (non-hydrogen) atoms. The van der Waals surface area contributed by atoms with E-state index in [0.717, 1.165) is 33.7 Å². The average Bonchev–Trinajstić information content (AvgIpc) is 2.68. The van der Waals surface area contributed by atoms with Crippen molar-refractivity contribution in [1.82, 2.24) is 4.90 Å². The van der Waals surface area contributed by atoms with Gasteiger partial charge in [-0.25, -0.2) is 0 Å². The predicted molar refractivity (Wildman–Crippen MR) is 115 cm³/mol. The van der Waals surface area contributed by atoms with Crippen LogP contribution < -0.4 is 9.47 Å². The van der Waals surface area contributed by atoms with Crippen LogP contribution in [0.4, 0.5) is 0 Å². The van der Waals surface area contributed by atoms with E-state index in [1.807, 2.05) is 43.3 Å². The molecule has 144 valence electrons. The maximum Gasteiger partial charge on any atom is 0.175 e. The first-order chi connectivity index (χ1) is 13.1. The summed E-state index contributed by atoms with van der Waals surface area (Å²) in [6.07, 6.45) is 0. The fourth-order valence-electron chi connectivity index (χ4n) is 2.81. The molecule has 2 aromatic carbocycles. The summed E-state index contributed by atoms with van der Waals surface area (Å²) < 4.78 is 18.1. The van der Waals surface area contributed by atoms with Crippen molar-refractivity contribution in [3.05, 3.63) is 57.0 Å². The minimum atomic E-state index is 0.353. The molecule has 0 atom stereocenters. The van der Waals surface area contributed by atoms with Crippen LogP contribution in [0.3, 0.4) is 0 Å². The molecule has 3 rings (SSSR count). The van der Waals surface area contributed by atoms with Crippen LogP contribution in [0.1, 0.15) is 18.1 Å². The summed E-state index contributed by atoms with van der Waals surface area (Å²) in [5.41, 5.74) is 1.84. The Morgan fingerprint density at radius 3 is 2.67 bits per heavy atom. The first kappa shape index (κ1) is 20.4. The quantitative estimate of drug-likeness (QED) is 0.549. The molecule has 0 amide bonds. The number of nitrogens with zero attached hydrogens (tertiary/aromatic N) is 1. The highest BCUT2D eigenvalue weighted by Gasteiger charge is 2.19. The molecule has 0 saturated carbocycles. The van der Waals surface area contributed by atoms with Crippen molar-refractivity contribution in [2.24, 2.45) is 0 Å². The van der Waals surface area contributed by atoms with Gasteiger partial charge in [0.2, 0.25) is 0 Å². The van der Waals surface area contributed by atoms with Crippen molar-refractivity contribution in [1.29, 1.82) is 0 Å². The van der Waals surface area contributed by atoms with Crippen molar-refractivity contribution in [3.63, 3.8) is 0 Å². The molecule has 7 heteroatoms. The van der Waals surface area contributed by atoms with Crippen LogP contribution in [0.15, 0.2) is 40.9 Å². The maximum atomic E-state index is 6.23. The molecule has 0 aliphatic carbocycles. The van der Waals surface area contributed by atoms with E-state index in [4.69, 9.17) is 38.0 Å². The number of ether oxygens (including phenoxy) is 3. The van der Waals surface area contributed by atoms with Gasteiger partial charge in [-0.2, -0.15) is 0 Å². The zero-order valence-corrected chi connectivity index (χ0v) is 18.2. The summed E-state index contributed by atoms with van der Waals surface area (Å²) >= 11 is 15.5. The lowest BCUT2D eigenvalue weighted by Gasteiger charge is -2.29. The SMILES string of the molecule is CCOc1cc(C(=S)N2CCOCC2)cc(Br)c1OCc1ccccc1Cl. The number of benzene rings is 2. The Kier molecular flexibility index (Phi) is 7.35. The first-order valence-corrected chi connectivity index (χ1v) is 10.4. The smallest absolute Gasteiger partial charge is 0.175 e. The molecular weight excluding hydrogens is 450 g/mol. The highest BCUT2D eigenvalue weighted by molar-refractivity contribution is 9.10. The Hall–Kier alpha value is -1.34. The van der Waals surface area contributed by atoms with Gasteiger partial charge in [-0.1, -0.05) is 42.0 Å². The average molecular weight is 471 g/mol. The van der Waals surface area contributed by atoms with Gasteiger partial charge in [-0.05, 0) is 41.1 Å². The highest BCUT2D eigenvalue weighted by Crippen LogP contribution is 2.38. The van der Waals surface area contributed by atoms with Gasteiger partial charge in [0.15, 0.2) is 11.5 Å². The second-order valence-corrected chi connectivity index (χ2v) is 7.65. The third-order valence-electron chi connectivity index (χ3n) is 4.18. The van der Waals surface area contributed by atoms with Gasteiger partial charge in [0.05, 0.1) is 24.3 Å². The van der Waals surface area contributed by atoms with E-state index in [1.165, 1.54) is 0 Å². The van der Waals surface area contributed by atoms with Crippen molar-refractivity contribution in [2.45, 2.75) is 13.5 Å². The molecule has 1 aliphatic rings. The lowest BCUT2D eigenvalue weighted by atomic mass is 10.1. The molecule has 0 unspecified atom stereocenters. The lowest BCUT2D eigenvalue weighted by molar-refractivity contribution is 0.0693. The lowest BCUT2D eigenvalue weighted by Crippen LogP contribution is -2.40. The summed E-state index contributed by atoms with van der Waals surface area (Å²) in [4.78, 5) is 2.94. The number of hydrogen-bond donors (Lipinski definition) is 0. The Morgan fingerprint density at radius 1 is 1.22 bits per heavy atom. The minimum absolute atomic E-state index is 0.353. The monoisotopic (exact) mass is 469 g/mol. The standard InChI is InChI=1S/C20H21BrClNO3S/c1-2-25-18-12-15(20(27)23-7-9-24-10-8-23)11-16(21)19(18)26-13-14-5-3-4-6-17(14)22/h3-6,11-12H,2,7-10,13H2,1H3. The Labute approximate surface area is 178 Å². The summed E-state index contributed by atoms with van der Waals surface area (Å²) in [7, 11) is 0. The van der Waals surface area contributed by atoms with Gasteiger partial charge >= 0.3 is 0 Å². The van der Waals surface area contributed by atoms with Crippen molar-refractivity contribution >= 4 is 44.7 Å². The third-order valence-corrected chi connectivity index (χ3v) is 5.64. The van der Waals surface area contributed by atoms with Crippen LogP contribution in [-0.4, -0.2) is 42.8 Å². The molecule has 1 aliphatic heterocycles. The molecule has 0 aromatic heterocycles. The third kappa shape index (κ3) is 5.13. The number of halogens is 2. The molecule has 2 aromatic rings. The van der Waals surface area contributed by atoms with E-state index in [9.17, 15) is 0 Å². The summed E-state index contributed by atoms with van der Waals surface area (Å²) in [6, 6.07) is 11.5. The Morgan fingerprint density at radius 2 is 1.96 bits per heavy atom. The second kappa shape index (κ2) is 9.73. The Balaban J connectivity index is 1.83. The predicted octanol–water partition coefficient (Wildman–Crippen LogP) is 5.09. The van der Waals surface area contributed by atoms with E-state index >= 15 is 0 Å². The molecule has 4 nitrogen and oxygen atoms in total. The normalized spacial score (nSPS) is 14.1. The maximum absolute atomic E-state index is 6.23. The van der Waals surface area contributed by atoms with Crippen LogP contribution in [0.2, 0.25) is 5.02 Å². The fourth-order valence-corrected chi connectivity index (χ4v) is 3.86. The van der Waals surface area contributed by atoms with E-state index < -0.39 is 0 Å². The van der Waals surface area contributed by atoms with Gasteiger partial charge in [-0.3, -0.25) is 0 Å². The van der Waals surface area contributed by atoms with Crippen molar-refractivity contribution in [3.8, 4) is 11.5 Å². The number of hydrogen-bond acceptors (Lipinski definition) is 4. The molecule has 0 radical (unpaired) electrons. The molecular formula is C20H21BrClNO3S. The minimum Gasteiger partial charge on any atom is -0.490 e. The van der Waals surface area contributed by atoms with Crippen molar-refractivity contribution in [2.75, 3.05) is 32.9 Å². The number of thiocarbonyl (C=S) groups is 1. The molecule has 0 spiro atoms. The van der Waals surface area contributed by atoms with E-state index in [2.05, 4.69) is 20.8 Å². The van der Waals surface area contributed by atoms with Gasteiger partial charge < -0.3 is 19.1 Å².